The van der Waals surface area contributed by atoms with E-state index in [-0.39, 0.29) is 11.7 Å². The average molecular weight is 429 g/mol. The lowest BCUT2D eigenvalue weighted by Gasteiger charge is -2.26. The number of morpholine rings is 1. The number of amides is 1. The number of nitrogens with zero attached hydrogens (tertiary/aromatic N) is 3. The normalized spacial score (nSPS) is 14.8. The van der Waals surface area contributed by atoms with Gasteiger partial charge in [-0.05, 0) is 35.4 Å². The van der Waals surface area contributed by atoms with Crippen LogP contribution in [-0.2, 0) is 20.3 Å². The van der Waals surface area contributed by atoms with Crippen LogP contribution in [0.25, 0.3) is 16.8 Å². The van der Waals surface area contributed by atoms with Crippen molar-refractivity contribution in [3.63, 3.8) is 0 Å². The highest BCUT2D eigenvalue weighted by molar-refractivity contribution is 7.89. The van der Waals surface area contributed by atoms with E-state index < -0.39 is 9.84 Å². The third-order valence-electron chi connectivity index (χ3n) is 5.05. The predicted molar refractivity (Wildman–Crippen MR) is 112 cm³/mol. The Bertz CT molecular complexity index is 1200. The van der Waals surface area contributed by atoms with Crippen molar-refractivity contribution >= 4 is 21.4 Å². The van der Waals surface area contributed by atoms with Crippen molar-refractivity contribution in [1.82, 2.24) is 14.3 Å². The Kier molecular flexibility index (Phi) is 5.48. The van der Waals surface area contributed by atoms with Crippen LogP contribution in [-0.4, -0.2) is 68.3 Å². The Balaban J connectivity index is 1.73. The van der Waals surface area contributed by atoms with E-state index in [0.717, 1.165) is 11.1 Å². The number of carbonyl (C=O) groups is 1. The van der Waals surface area contributed by atoms with E-state index in [1.54, 1.807) is 27.6 Å². The number of ether oxygens (including phenoxy) is 2. The summed E-state index contributed by atoms with van der Waals surface area (Å²) >= 11 is 0. The molecule has 0 saturated carbocycles. The Labute approximate surface area is 175 Å². The lowest BCUT2D eigenvalue weighted by Crippen LogP contribution is -2.41. The summed E-state index contributed by atoms with van der Waals surface area (Å²) in [6.07, 6.45) is 4.63. The van der Waals surface area contributed by atoms with E-state index in [0.29, 0.717) is 49.0 Å². The zero-order chi connectivity index (χ0) is 21.3. The minimum atomic E-state index is -3.22. The second-order valence-electron chi connectivity index (χ2n) is 7.29. The molecule has 1 aliphatic rings. The molecule has 0 aliphatic carbocycles. The molecule has 2 aromatic heterocycles. The molecule has 8 nitrogen and oxygen atoms in total. The highest BCUT2D eigenvalue weighted by atomic mass is 32.2. The van der Waals surface area contributed by atoms with E-state index >= 15 is 0 Å². The lowest BCUT2D eigenvalue weighted by molar-refractivity contribution is 0.0298. The molecule has 1 fully saturated rings. The maximum atomic E-state index is 12.9. The number of carbonyl (C=O) groups excluding carboxylic acids is 1. The van der Waals surface area contributed by atoms with Crippen LogP contribution >= 0.6 is 0 Å². The molecule has 30 heavy (non-hydrogen) atoms. The molecule has 3 heterocycles. The molecule has 3 aromatic rings. The van der Waals surface area contributed by atoms with Crippen LogP contribution < -0.4 is 4.74 Å². The molecule has 0 spiro atoms. The van der Waals surface area contributed by atoms with E-state index in [2.05, 4.69) is 4.98 Å². The molecule has 1 aromatic carbocycles. The maximum absolute atomic E-state index is 12.9. The largest absolute Gasteiger partial charge is 0.496 e. The molecular formula is C21H23N3O5S. The third-order valence-corrected chi connectivity index (χ3v) is 5.89. The number of pyridine rings is 1. The SMILES string of the molecule is COc1ccc(-c2ccc3ncc(C(=O)N4CCOCC4)n3c2)cc1CS(C)(=O)=O. The molecule has 0 atom stereocenters. The van der Waals surface area contributed by atoms with Crippen LogP contribution in [0.4, 0.5) is 0 Å². The fourth-order valence-corrected chi connectivity index (χ4v) is 4.38. The summed E-state index contributed by atoms with van der Waals surface area (Å²) in [6.45, 7) is 2.17. The average Bonchev–Trinajstić information content (AvgIpc) is 3.16. The zero-order valence-corrected chi connectivity index (χ0v) is 17.7. The summed E-state index contributed by atoms with van der Waals surface area (Å²) in [5, 5.41) is 0. The first-order valence-corrected chi connectivity index (χ1v) is 11.6. The number of fused-ring (bicyclic) bond motifs is 1. The molecule has 9 heteroatoms. The second-order valence-corrected chi connectivity index (χ2v) is 9.43. The Hall–Kier alpha value is -2.91. The fraction of sp³-hybridized carbons (Fsp3) is 0.333. The van der Waals surface area contributed by atoms with E-state index in [1.165, 1.54) is 13.4 Å². The van der Waals surface area contributed by atoms with Crippen molar-refractivity contribution in [1.29, 1.82) is 0 Å². The topological polar surface area (TPSA) is 90.2 Å². The molecule has 4 rings (SSSR count). The van der Waals surface area contributed by atoms with Gasteiger partial charge in [0.1, 0.15) is 17.1 Å². The van der Waals surface area contributed by atoms with Gasteiger partial charge in [0, 0.05) is 31.1 Å². The monoisotopic (exact) mass is 429 g/mol. The molecule has 1 aliphatic heterocycles. The Morgan fingerprint density at radius 3 is 2.60 bits per heavy atom. The number of hydrogen-bond donors (Lipinski definition) is 0. The number of sulfone groups is 1. The molecule has 0 unspecified atom stereocenters. The van der Waals surface area contributed by atoms with E-state index in [1.807, 2.05) is 24.4 Å². The molecule has 1 saturated heterocycles. The van der Waals surface area contributed by atoms with Crippen LogP contribution in [0.1, 0.15) is 16.1 Å². The van der Waals surface area contributed by atoms with Crippen molar-refractivity contribution in [2.24, 2.45) is 0 Å². The first-order chi connectivity index (χ1) is 14.4. The van der Waals surface area contributed by atoms with Crippen LogP contribution in [0, 0.1) is 0 Å². The number of hydrogen-bond acceptors (Lipinski definition) is 6. The summed E-state index contributed by atoms with van der Waals surface area (Å²) < 4.78 is 36.0. The van der Waals surface area contributed by atoms with Crippen LogP contribution in [0.2, 0.25) is 0 Å². The first-order valence-electron chi connectivity index (χ1n) is 9.55. The fourth-order valence-electron chi connectivity index (χ4n) is 3.59. The molecular weight excluding hydrogens is 406 g/mol. The number of rotatable bonds is 5. The first kappa shape index (κ1) is 20.4. The molecule has 0 radical (unpaired) electrons. The van der Waals surface area contributed by atoms with Gasteiger partial charge < -0.3 is 14.4 Å². The smallest absolute Gasteiger partial charge is 0.272 e. The maximum Gasteiger partial charge on any atom is 0.272 e. The minimum Gasteiger partial charge on any atom is -0.496 e. The summed E-state index contributed by atoms with van der Waals surface area (Å²) in [5.74, 6) is 0.324. The van der Waals surface area contributed by atoms with Gasteiger partial charge in [0.15, 0.2) is 9.84 Å². The highest BCUT2D eigenvalue weighted by Crippen LogP contribution is 2.28. The number of methoxy groups -OCH3 is 1. The minimum absolute atomic E-state index is 0.0875. The summed E-state index contributed by atoms with van der Waals surface area (Å²) in [5.41, 5.74) is 3.41. The Morgan fingerprint density at radius 2 is 1.90 bits per heavy atom. The second kappa shape index (κ2) is 8.08. The van der Waals surface area contributed by atoms with Crippen molar-refractivity contribution in [3.05, 3.63) is 54.0 Å². The summed E-state index contributed by atoms with van der Waals surface area (Å²) in [7, 11) is -1.70. The van der Waals surface area contributed by atoms with Crippen LogP contribution in [0.15, 0.2) is 42.7 Å². The molecule has 0 bridgehead atoms. The third kappa shape index (κ3) is 4.17. The van der Waals surface area contributed by atoms with Crippen LogP contribution in [0.5, 0.6) is 5.75 Å². The van der Waals surface area contributed by atoms with Crippen LogP contribution in [0.3, 0.4) is 0 Å². The van der Waals surface area contributed by atoms with Crippen molar-refractivity contribution in [2.45, 2.75) is 5.75 Å². The summed E-state index contributed by atoms with van der Waals surface area (Å²) in [4.78, 5) is 19.1. The highest BCUT2D eigenvalue weighted by Gasteiger charge is 2.22. The molecule has 158 valence electrons. The van der Waals surface area contributed by atoms with Crippen molar-refractivity contribution in [3.8, 4) is 16.9 Å². The Morgan fingerprint density at radius 1 is 1.17 bits per heavy atom. The van der Waals surface area contributed by atoms with Gasteiger partial charge in [0.2, 0.25) is 0 Å². The standard InChI is InChI=1S/C21H23N3O5S/c1-28-19-5-3-15(11-17(19)14-30(2,26)27)16-4-6-20-22-12-18(24(20)13-16)21(25)23-7-9-29-10-8-23/h3-6,11-13H,7-10,14H2,1-2H3. The van der Waals surface area contributed by atoms with Gasteiger partial charge in [-0.3, -0.25) is 9.20 Å². The van der Waals surface area contributed by atoms with Gasteiger partial charge in [-0.1, -0.05) is 6.07 Å². The molecule has 1 amide bonds. The molecule has 0 N–H and O–H groups in total. The van der Waals surface area contributed by atoms with Gasteiger partial charge in [-0.2, -0.15) is 0 Å². The zero-order valence-electron chi connectivity index (χ0n) is 16.9. The van der Waals surface area contributed by atoms with Gasteiger partial charge in [-0.25, -0.2) is 13.4 Å². The van der Waals surface area contributed by atoms with Gasteiger partial charge in [-0.15, -0.1) is 0 Å². The van der Waals surface area contributed by atoms with Gasteiger partial charge in [0.05, 0.1) is 32.3 Å². The van der Waals surface area contributed by atoms with E-state index in [4.69, 9.17) is 9.47 Å². The number of imidazole rings is 1. The summed E-state index contributed by atoms with van der Waals surface area (Å²) in [6, 6.07) is 9.17. The van der Waals surface area contributed by atoms with Crippen molar-refractivity contribution in [2.75, 3.05) is 39.7 Å². The van der Waals surface area contributed by atoms with E-state index in [9.17, 15) is 13.2 Å². The van der Waals surface area contributed by atoms with Crippen molar-refractivity contribution < 1.29 is 22.7 Å². The number of aromatic nitrogens is 2. The van der Waals surface area contributed by atoms with Gasteiger partial charge in [0.25, 0.3) is 5.91 Å². The quantitative estimate of drug-likeness (QED) is 0.617. The number of benzene rings is 1. The van der Waals surface area contributed by atoms with Gasteiger partial charge >= 0.3 is 0 Å². The predicted octanol–water partition coefficient (Wildman–Crippen LogP) is 2.03. The lowest BCUT2D eigenvalue weighted by atomic mass is 10.0.